The minimum atomic E-state index is -4.09. The van der Waals surface area contributed by atoms with Crippen LogP contribution >= 0.6 is 0 Å². The van der Waals surface area contributed by atoms with Gasteiger partial charge < -0.3 is 10.4 Å². The van der Waals surface area contributed by atoms with Crippen LogP contribution in [0.1, 0.15) is 30.4 Å². The van der Waals surface area contributed by atoms with Crippen LogP contribution in [0.3, 0.4) is 0 Å². The average molecular weight is 289 g/mol. The normalized spacial score (nSPS) is 11.6. The predicted molar refractivity (Wildman–Crippen MR) is 69.4 cm³/mol. The monoisotopic (exact) mass is 289 g/mol. The second kappa shape index (κ2) is 7.89. The Hall–Kier alpha value is -1.56. The zero-order chi connectivity index (χ0) is 15.0. The molecule has 0 heterocycles. The van der Waals surface area contributed by atoms with Gasteiger partial charge in [-0.3, -0.25) is 4.79 Å². The molecule has 0 saturated carbocycles. The van der Waals surface area contributed by atoms with E-state index in [9.17, 15) is 18.0 Å². The molecule has 0 aliphatic rings. The molecule has 1 aromatic rings. The Labute approximate surface area is 115 Å². The van der Waals surface area contributed by atoms with Crippen LogP contribution in [-0.4, -0.2) is 23.8 Å². The third-order valence-electron chi connectivity index (χ3n) is 2.84. The number of hydrogen-bond donors (Lipinski definition) is 2. The highest BCUT2D eigenvalue weighted by Gasteiger charge is 2.25. The number of unbranched alkanes of at least 4 members (excludes halogenated alkanes) is 1. The first-order valence-electron chi connectivity index (χ1n) is 6.44. The first kappa shape index (κ1) is 16.5. The number of benzene rings is 1. The van der Waals surface area contributed by atoms with E-state index in [4.69, 9.17) is 5.11 Å². The van der Waals surface area contributed by atoms with Crippen LogP contribution in [0, 0.1) is 0 Å². The number of alkyl halides is 3. The third-order valence-corrected chi connectivity index (χ3v) is 2.84. The van der Waals surface area contributed by atoms with E-state index in [2.05, 4.69) is 5.32 Å². The van der Waals surface area contributed by atoms with Crippen molar-refractivity contribution in [3.63, 3.8) is 0 Å². The molecule has 20 heavy (non-hydrogen) atoms. The van der Waals surface area contributed by atoms with Crippen LogP contribution in [0.5, 0.6) is 0 Å². The minimum absolute atomic E-state index is 0.0497. The van der Waals surface area contributed by atoms with Crippen molar-refractivity contribution < 1.29 is 23.1 Å². The summed E-state index contributed by atoms with van der Waals surface area (Å²) in [6.07, 6.45) is -4.35. The second-order valence-corrected chi connectivity index (χ2v) is 4.59. The van der Waals surface area contributed by atoms with Gasteiger partial charge in [-0.25, -0.2) is 0 Å². The molecule has 1 aromatic carbocycles. The molecule has 0 saturated heterocycles. The summed E-state index contributed by atoms with van der Waals surface area (Å²) in [5, 5.41) is 11.8. The van der Waals surface area contributed by atoms with Crippen LogP contribution in [0.4, 0.5) is 13.2 Å². The first-order valence-corrected chi connectivity index (χ1v) is 6.44. The van der Waals surface area contributed by atoms with E-state index >= 15 is 0 Å². The lowest BCUT2D eigenvalue weighted by molar-refractivity contribution is -0.136. The quantitative estimate of drug-likeness (QED) is 0.723. The molecule has 0 bridgehead atoms. The third kappa shape index (κ3) is 7.13. The fourth-order valence-corrected chi connectivity index (χ4v) is 1.86. The fourth-order valence-electron chi connectivity index (χ4n) is 1.86. The van der Waals surface area contributed by atoms with Gasteiger partial charge in [0.1, 0.15) is 0 Å². The van der Waals surface area contributed by atoms with Crippen molar-refractivity contribution in [2.45, 2.75) is 38.4 Å². The lowest BCUT2D eigenvalue weighted by atomic mass is 10.0. The Balaban J connectivity index is 2.30. The Morgan fingerprint density at radius 1 is 1.15 bits per heavy atom. The Morgan fingerprint density at radius 2 is 1.80 bits per heavy atom. The van der Waals surface area contributed by atoms with Crippen molar-refractivity contribution in [2.24, 2.45) is 0 Å². The molecule has 0 atom stereocenters. The molecule has 0 aliphatic heterocycles. The highest BCUT2D eigenvalue weighted by atomic mass is 19.4. The van der Waals surface area contributed by atoms with Gasteiger partial charge in [0, 0.05) is 13.0 Å². The smallest absolute Gasteiger partial charge is 0.389 e. The number of carboxylic acid groups (broad SMARTS) is 1. The van der Waals surface area contributed by atoms with Crippen LogP contribution in [-0.2, 0) is 17.8 Å². The molecule has 0 unspecified atom stereocenters. The topological polar surface area (TPSA) is 49.3 Å². The minimum Gasteiger partial charge on any atom is -0.481 e. The lowest BCUT2D eigenvalue weighted by Gasteiger charge is -2.10. The number of nitrogens with one attached hydrogen (secondary N) is 1. The van der Waals surface area contributed by atoms with E-state index in [0.717, 1.165) is 11.1 Å². The Morgan fingerprint density at radius 3 is 2.40 bits per heavy atom. The molecular weight excluding hydrogens is 271 g/mol. The van der Waals surface area contributed by atoms with Crippen molar-refractivity contribution in [2.75, 3.05) is 6.54 Å². The van der Waals surface area contributed by atoms with Gasteiger partial charge in [-0.15, -0.1) is 0 Å². The van der Waals surface area contributed by atoms with Gasteiger partial charge >= 0.3 is 12.1 Å². The van der Waals surface area contributed by atoms with E-state index in [1.54, 1.807) is 12.1 Å². The molecule has 0 radical (unpaired) electrons. The fraction of sp³-hybridized carbons (Fsp3) is 0.500. The van der Waals surface area contributed by atoms with E-state index < -0.39 is 18.6 Å². The van der Waals surface area contributed by atoms with Crippen LogP contribution in [0.2, 0.25) is 0 Å². The zero-order valence-electron chi connectivity index (χ0n) is 11.0. The van der Waals surface area contributed by atoms with Crippen LogP contribution in [0.15, 0.2) is 24.3 Å². The SMILES string of the molecule is O=C(O)Cc1ccccc1CNCCCCC(F)(F)F. The molecule has 112 valence electrons. The summed E-state index contributed by atoms with van der Waals surface area (Å²) in [6, 6.07) is 7.15. The van der Waals surface area contributed by atoms with Gasteiger partial charge in [-0.1, -0.05) is 24.3 Å². The van der Waals surface area contributed by atoms with Gasteiger partial charge in [0.25, 0.3) is 0 Å². The Bertz CT molecular complexity index is 433. The molecule has 6 heteroatoms. The lowest BCUT2D eigenvalue weighted by Crippen LogP contribution is -2.17. The number of rotatable bonds is 8. The largest absolute Gasteiger partial charge is 0.481 e. The average Bonchev–Trinajstić information content (AvgIpc) is 2.33. The molecule has 2 N–H and O–H groups in total. The number of carbonyl (C=O) groups is 1. The molecule has 0 aromatic heterocycles. The number of aliphatic carboxylic acids is 1. The van der Waals surface area contributed by atoms with Crippen LogP contribution < -0.4 is 5.32 Å². The van der Waals surface area contributed by atoms with Crippen LogP contribution in [0.25, 0.3) is 0 Å². The van der Waals surface area contributed by atoms with Gasteiger partial charge in [0.05, 0.1) is 6.42 Å². The molecule has 0 fully saturated rings. The van der Waals surface area contributed by atoms with E-state index in [-0.39, 0.29) is 12.8 Å². The molecule has 3 nitrogen and oxygen atoms in total. The number of hydrogen-bond acceptors (Lipinski definition) is 2. The first-order chi connectivity index (χ1) is 9.38. The predicted octanol–water partition coefficient (Wildman–Crippen LogP) is 3.14. The van der Waals surface area contributed by atoms with Gasteiger partial charge in [0.2, 0.25) is 0 Å². The molecule has 0 aliphatic carbocycles. The molecular formula is C14H18F3NO2. The summed E-state index contributed by atoms with van der Waals surface area (Å²) in [6.45, 7) is 0.951. The van der Waals surface area contributed by atoms with Gasteiger partial charge in [-0.2, -0.15) is 13.2 Å². The molecule has 0 spiro atoms. The van der Waals surface area contributed by atoms with Gasteiger partial charge in [0.15, 0.2) is 0 Å². The maximum Gasteiger partial charge on any atom is 0.389 e. The second-order valence-electron chi connectivity index (χ2n) is 4.59. The molecule has 0 amide bonds. The van der Waals surface area contributed by atoms with E-state index in [0.29, 0.717) is 19.5 Å². The van der Waals surface area contributed by atoms with Crippen molar-refractivity contribution in [3.8, 4) is 0 Å². The summed E-state index contributed by atoms with van der Waals surface area (Å²) in [4.78, 5) is 10.7. The summed E-state index contributed by atoms with van der Waals surface area (Å²) in [5.41, 5.74) is 1.59. The summed E-state index contributed by atoms with van der Waals surface area (Å²) in [5.74, 6) is -0.900. The summed E-state index contributed by atoms with van der Waals surface area (Å²) in [7, 11) is 0. The number of halogens is 3. The Kier molecular flexibility index (Phi) is 6.51. The van der Waals surface area contributed by atoms with Crippen molar-refractivity contribution >= 4 is 5.97 Å². The molecule has 1 rings (SSSR count). The van der Waals surface area contributed by atoms with E-state index in [1.807, 2.05) is 12.1 Å². The zero-order valence-corrected chi connectivity index (χ0v) is 11.0. The van der Waals surface area contributed by atoms with Crippen molar-refractivity contribution in [1.29, 1.82) is 0 Å². The standard InChI is InChI=1S/C14H18F3NO2/c15-14(16,17)7-3-4-8-18-10-12-6-2-1-5-11(12)9-13(19)20/h1-2,5-6,18H,3-4,7-10H2,(H,19,20). The highest BCUT2D eigenvalue weighted by molar-refractivity contribution is 5.70. The van der Waals surface area contributed by atoms with Gasteiger partial charge in [-0.05, 0) is 30.5 Å². The number of carboxylic acids is 1. The summed E-state index contributed by atoms with van der Waals surface area (Å²) < 4.78 is 35.8. The van der Waals surface area contributed by atoms with Crippen molar-refractivity contribution in [1.82, 2.24) is 5.32 Å². The highest BCUT2D eigenvalue weighted by Crippen LogP contribution is 2.21. The maximum absolute atomic E-state index is 11.9. The maximum atomic E-state index is 11.9. The van der Waals surface area contributed by atoms with E-state index in [1.165, 1.54) is 0 Å². The van der Waals surface area contributed by atoms with Crippen molar-refractivity contribution in [3.05, 3.63) is 35.4 Å². The summed E-state index contributed by atoms with van der Waals surface area (Å²) >= 11 is 0.